The summed E-state index contributed by atoms with van der Waals surface area (Å²) in [5, 5.41) is 2.34. The number of carbonyl (C=O) groups is 1. The Morgan fingerprint density at radius 1 is 1.47 bits per heavy atom. The molecule has 0 radical (unpaired) electrons. The lowest BCUT2D eigenvalue weighted by atomic mass is 10.2. The van der Waals surface area contributed by atoms with E-state index in [1.807, 2.05) is 0 Å². The van der Waals surface area contributed by atoms with Crippen LogP contribution in [0.25, 0.3) is 0 Å². The predicted molar refractivity (Wildman–Crippen MR) is 66.1 cm³/mol. The predicted octanol–water partition coefficient (Wildman–Crippen LogP) is 1.36. The third-order valence-electron chi connectivity index (χ3n) is 1.93. The van der Waals surface area contributed by atoms with Crippen molar-refractivity contribution in [2.75, 3.05) is 18.6 Å². The van der Waals surface area contributed by atoms with Gasteiger partial charge in [0.2, 0.25) is 0 Å². The Morgan fingerprint density at radius 3 is 2.65 bits per heavy atom. The molecule has 4 nitrogen and oxygen atoms in total. The van der Waals surface area contributed by atoms with Gasteiger partial charge >= 0.3 is 0 Å². The average molecular weight is 324 g/mol. The minimum Gasteiger partial charge on any atom is -0.351 e. The molecule has 17 heavy (non-hydrogen) atoms. The fourth-order valence-corrected chi connectivity index (χ4v) is 1.92. The van der Waals surface area contributed by atoms with Gasteiger partial charge in [0.05, 0.1) is 11.3 Å². The Balaban J connectivity index is 2.65. The Bertz CT molecular complexity index is 530. The minimum absolute atomic E-state index is 0.0346. The van der Waals surface area contributed by atoms with Crippen LogP contribution in [0.1, 0.15) is 10.4 Å². The summed E-state index contributed by atoms with van der Waals surface area (Å²) in [4.78, 5) is 11.5. The number of carbonyl (C=O) groups excluding carboxylic acids is 1. The van der Waals surface area contributed by atoms with Gasteiger partial charge in [0.25, 0.3) is 5.91 Å². The lowest BCUT2D eigenvalue weighted by Gasteiger charge is -2.05. The van der Waals surface area contributed by atoms with Gasteiger partial charge in [0.1, 0.15) is 15.7 Å². The van der Waals surface area contributed by atoms with E-state index in [0.717, 1.165) is 6.26 Å². The van der Waals surface area contributed by atoms with Crippen molar-refractivity contribution in [3.05, 3.63) is 34.1 Å². The maximum atomic E-state index is 13.4. The number of halogens is 2. The number of sulfone groups is 1. The van der Waals surface area contributed by atoms with E-state index in [-0.39, 0.29) is 17.9 Å². The number of amides is 1. The maximum Gasteiger partial charge on any atom is 0.254 e. The van der Waals surface area contributed by atoms with Crippen molar-refractivity contribution in [2.45, 2.75) is 0 Å². The highest BCUT2D eigenvalue weighted by atomic mass is 79.9. The smallest absolute Gasteiger partial charge is 0.254 e. The lowest BCUT2D eigenvalue weighted by molar-refractivity contribution is 0.0952. The molecule has 1 aromatic carbocycles. The van der Waals surface area contributed by atoms with E-state index in [1.165, 1.54) is 18.2 Å². The highest BCUT2D eigenvalue weighted by Crippen LogP contribution is 2.14. The van der Waals surface area contributed by atoms with E-state index in [9.17, 15) is 17.6 Å². The van der Waals surface area contributed by atoms with Crippen LogP contribution >= 0.6 is 15.9 Å². The first-order valence-corrected chi connectivity index (χ1v) is 7.56. The molecular weight excluding hydrogens is 313 g/mol. The van der Waals surface area contributed by atoms with Gasteiger partial charge in [0, 0.05) is 17.3 Å². The monoisotopic (exact) mass is 323 g/mol. The first-order valence-electron chi connectivity index (χ1n) is 4.70. The zero-order valence-electron chi connectivity index (χ0n) is 9.04. The van der Waals surface area contributed by atoms with Crippen LogP contribution in [0.3, 0.4) is 0 Å². The van der Waals surface area contributed by atoms with Crippen LogP contribution in [0.2, 0.25) is 0 Å². The molecule has 0 saturated heterocycles. The van der Waals surface area contributed by atoms with E-state index in [0.29, 0.717) is 4.47 Å². The highest BCUT2D eigenvalue weighted by Gasteiger charge is 2.12. The fraction of sp³-hybridized carbons (Fsp3) is 0.300. The fourth-order valence-electron chi connectivity index (χ4n) is 1.12. The Morgan fingerprint density at radius 2 is 2.12 bits per heavy atom. The summed E-state index contributed by atoms with van der Waals surface area (Å²) in [7, 11) is -3.13. The van der Waals surface area contributed by atoms with Gasteiger partial charge in [-0.05, 0) is 18.2 Å². The lowest BCUT2D eigenvalue weighted by Crippen LogP contribution is -2.29. The highest BCUT2D eigenvalue weighted by molar-refractivity contribution is 9.10. The zero-order chi connectivity index (χ0) is 13.1. The number of hydrogen-bond donors (Lipinski definition) is 1. The molecule has 0 unspecified atom stereocenters. The van der Waals surface area contributed by atoms with E-state index >= 15 is 0 Å². The molecule has 7 heteroatoms. The Hall–Kier alpha value is -0.950. The van der Waals surface area contributed by atoms with Crippen LogP contribution in [0.15, 0.2) is 22.7 Å². The molecule has 0 aliphatic rings. The summed E-state index contributed by atoms with van der Waals surface area (Å²) in [6.07, 6.45) is 1.07. The molecular formula is C10H11BrFNO3S. The van der Waals surface area contributed by atoms with Gasteiger partial charge in [-0.2, -0.15) is 0 Å². The summed E-state index contributed by atoms with van der Waals surface area (Å²) in [6.45, 7) is -0.0346. The van der Waals surface area contributed by atoms with E-state index in [4.69, 9.17) is 0 Å². The molecule has 0 saturated carbocycles. The Kier molecular flexibility index (Phi) is 4.64. The van der Waals surface area contributed by atoms with Crippen LogP contribution in [0.5, 0.6) is 0 Å². The SMILES string of the molecule is CS(=O)(=O)CCNC(=O)c1ccc(Br)cc1F. The van der Waals surface area contributed by atoms with Crippen molar-refractivity contribution in [1.82, 2.24) is 5.32 Å². The quantitative estimate of drug-likeness (QED) is 0.910. The second-order valence-corrected chi connectivity index (χ2v) is 6.69. The first-order chi connectivity index (χ1) is 7.79. The third kappa shape index (κ3) is 4.82. The molecule has 0 aliphatic carbocycles. The van der Waals surface area contributed by atoms with Gasteiger partial charge in [-0.3, -0.25) is 4.79 Å². The van der Waals surface area contributed by atoms with Gasteiger partial charge in [0.15, 0.2) is 0 Å². The van der Waals surface area contributed by atoms with E-state index in [1.54, 1.807) is 0 Å². The average Bonchev–Trinajstić information content (AvgIpc) is 2.15. The molecule has 0 atom stereocenters. The van der Waals surface area contributed by atoms with Gasteiger partial charge in [-0.25, -0.2) is 12.8 Å². The van der Waals surface area contributed by atoms with Crippen molar-refractivity contribution in [1.29, 1.82) is 0 Å². The van der Waals surface area contributed by atoms with E-state index in [2.05, 4.69) is 21.2 Å². The van der Waals surface area contributed by atoms with Crippen LogP contribution < -0.4 is 5.32 Å². The molecule has 94 valence electrons. The number of rotatable bonds is 4. The second-order valence-electron chi connectivity index (χ2n) is 3.51. The van der Waals surface area contributed by atoms with Crippen LogP contribution in [0.4, 0.5) is 4.39 Å². The minimum atomic E-state index is -3.13. The van der Waals surface area contributed by atoms with E-state index < -0.39 is 21.6 Å². The van der Waals surface area contributed by atoms with Crippen molar-refractivity contribution in [3.8, 4) is 0 Å². The summed E-state index contributed by atoms with van der Waals surface area (Å²) in [5.74, 6) is -1.45. The van der Waals surface area contributed by atoms with Crippen LogP contribution in [0, 0.1) is 5.82 Å². The van der Waals surface area contributed by atoms with Crippen molar-refractivity contribution < 1.29 is 17.6 Å². The standard InChI is InChI=1S/C10H11BrFNO3S/c1-17(15,16)5-4-13-10(14)8-3-2-7(11)6-9(8)12/h2-3,6H,4-5H2,1H3,(H,13,14). The maximum absolute atomic E-state index is 13.4. The zero-order valence-corrected chi connectivity index (χ0v) is 11.4. The van der Waals surface area contributed by atoms with Crippen LogP contribution in [-0.2, 0) is 9.84 Å². The summed E-state index contributed by atoms with van der Waals surface area (Å²) in [5.41, 5.74) is -0.110. The molecule has 1 aromatic rings. The van der Waals surface area contributed by atoms with Gasteiger partial charge < -0.3 is 5.32 Å². The van der Waals surface area contributed by atoms with Crippen molar-refractivity contribution in [2.24, 2.45) is 0 Å². The Labute approximate surface area is 107 Å². The largest absolute Gasteiger partial charge is 0.351 e. The molecule has 0 bridgehead atoms. The third-order valence-corrected chi connectivity index (χ3v) is 3.37. The molecule has 0 fully saturated rings. The molecule has 1 N–H and O–H groups in total. The van der Waals surface area contributed by atoms with Crippen LogP contribution in [-0.4, -0.2) is 32.9 Å². The molecule has 0 aromatic heterocycles. The summed E-state index contributed by atoms with van der Waals surface area (Å²) in [6, 6.07) is 4.04. The normalized spacial score (nSPS) is 11.2. The number of hydrogen-bond acceptors (Lipinski definition) is 3. The van der Waals surface area contributed by atoms with Gasteiger partial charge in [-0.15, -0.1) is 0 Å². The van der Waals surface area contributed by atoms with Gasteiger partial charge in [-0.1, -0.05) is 15.9 Å². The second kappa shape index (κ2) is 5.59. The summed E-state index contributed by atoms with van der Waals surface area (Å²) < 4.78 is 35.5. The topological polar surface area (TPSA) is 63.2 Å². The number of nitrogens with one attached hydrogen (secondary N) is 1. The van der Waals surface area contributed by atoms with Crippen molar-refractivity contribution >= 4 is 31.7 Å². The molecule has 1 amide bonds. The molecule has 0 aliphatic heterocycles. The molecule has 0 heterocycles. The van der Waals surface area contributed by atoms with Crippen molar-refractivity contribution in [3.63, 3.8) is 0 Å². The first kappa shape index (κ1) is 14.1. The molecule has 1 rings (SSSR count). The number of benzene rings is 1. The molecule has 0 spiro atoms. The summed E-state index contributed by atoms with van der Waals surface area (Å²) >= 11 is 3.07.